The van der Waals surface area contributed by atoms with Crippen LogP contribution in [0.4, 0.5) is 11.4 Å². The molecule has 0 unspecified atom stereocenters. The van der Waals surface area contributed by atoms with E-state index in [9.17, 15) is 9.59 Å². The molecule has 7 heteroatoms. The van der Waals surface area contributed by atoms with E-state index in [-0.39, 0.29) is 18.2 Å². The van der Waals surface area contributed by atoms with Crippen molar-refractivity contribution >= 4 is 34.5 Å². The van der Waals surface area contributed by atoms with Gasteiger partial charge >= 0.3 is 0 Å². The average molecular weight is 340 g/mol. The lowest BCUT2D eigenvalue weighted by Gasteiger charge is -2.07. The summed E-state index contributed by atoms with van der Waals surface area (Å²) in [6, 6.07) is 10.9. The third-order valence-electron chi connectivity index (χ3n) is 3.17. The number of benzene rings is 1. The van der Waals surface area contributed by atoms with Crippen molar-refractivity contribution in [2.45, 2.75) is 13.3 Å². The molecule has 2 heterocycles. The van der Waals surface area contributed by atoms with Crippen LogP contribution in [0.5, 0.6) is 0 Å². The number of amides is 2. The van der Waals surface area contributed by atoms with Crippen LogP contribution in [0.2, 0.25) is 0 Å². The van der Waals surface area contributed by atoms with Gasteiger partial charge in [-0.15, -0.1) is 11.3 Å². The molecule has 0 saturated carbocycles. The Labute approximate surface area is 143 Å². The number of nitrogens with zero attached hydrogens (tertiary/aromatic N) is 2. The van der Waals surface area contributed by atoms with Gasteiger partial charge in [0.05, 0.1) is 12.1 Å². The molecule has 0 atom stereocenters. The molecule has 0 aliphatic rings. The lowest BCUT2D eigenvalue weighted by Crippen LogP contribution is -2.15. The first-order valence-electron chi connectivity index (χ1n) is 7.35. The number of hydrogen-bond donors (Lipinski definition) is 2. The van der Waals surface area contributed by atoms with E-state index in [1.165, 1.54) is 18.3 Å². The topological polar surface area (TPSA) is 76.0 Å². The Balaban J connectivity index is 1.62. The van der Waals surface area contributed by atoms with Crippen molar-refractivity contribution in [3.63, 3.8) is 0 Å². The molecule has 0 fully saturated rings. The van der Waals surface area contributed by atoms with Gasteiger partial charge in [0.2, 0.25) is 11.8 Å². The highest BCUT2D eigenvalue weighted by Crippen LogP contribution is 2.17. The number of hydrogen-bond acceptors (Lipinski definition) is 4. The molecule has 0 aliphatic heterocycles. The number of anilines is 2. The normalized spacial score (nSPS) is 10.4. The molecule has 2 aromatic heterocycles. The zero-order chi connectivity index (χ0) is 16.9. The molecule has 6 nitrogen and oxygen atoms in total. The lowest BCUT2D eigenvalue weighted by molar-refractivity contribution is -0.116. The fourth-order valence-electron chi connectivity index (χ4n) is 2.21. The first-order chi connectivity index (χ1) is 11.6. The van der Waals surface area contributed by atoms with Crippen molar-refractivity contribution in [3.8, 4) is 5.13 Å². The highest BCUT2D eigenvalue weighted by Gasteiger charge is 2.09. The van der Waals surface area contributed by atoms with Gasteiger partial charge in [-0.2, -0.15) is 0 Å². The summed E-state index contributed by atoms with van der Waals surface area (Å²) in [5.74, 6) is -0.308. The zero-order valence-electron chi connectivity index (χ0n) is 13.0. The second-order valence-corrected chi connectivity index (χ2v) is 6.04. The first kappa shape index (κ1) is 15.9. The molecule has 0 bridgehead atoms. The maximum absolute atomic E-state index is 12.2. The third kappa shape index (κ3) is 4.08. The summed E-state index contributed by atoms with van der Waals surface area (Å²) < 4.78 is 1.91. The molecule has 2 N–H and O–H groups in total. The van der Waals surface area contributed by atoms with E-state index >= 15 is 0 Å². The second kappa shape index (κ2) is 7.10. The van der Waals surface area contributed by atoms with Gasteiger partial charge in [-0.25, -0.2) is 4.98 Å². The highest BCUT2D eigenvalue weighted by atomic mass is 32.1. The minimum atomic E-state index is -0.154. The highest BCUT2D eigenvalue weighted by molar-refractivity contribution is 7.12. The number of nitrogens with one attached hydrogen (secondary N) is 2. The van der Waals surface area contributed by atoms with Gasteiger partial charge in [0, 0.05) is 36.1 Å². The molecular weight excluding hydrogens is 324 g/mol. The maximum Gasteiger partial charge on any atom is 0.230 e. The number of carbonyl (C=O) groups is 2. The minimum Gasteiger partial charge on any atom is -0.326 e. The Morgan fingerprint density at radius 2 is 1.83 bits per heavy atom. The maximum atomic E-state index is 12.2. The molecule has 1 aromatic carbocycles. The van der Waals surface area contributed by atoms with Gasteiger partial charge in [0.1, 0.15) is 0 Å². The Morgan fingerprint density at radius 3 is 2.54 bits per heavy atom. The molecule has 3 rings (SSSR count). The van der Waals surface area contributed by atoms with Crippen molar-refractivity contribution < 1.29 is 9.59 Å². The minimum absolute atomic E-state index is 0.153. The summed E-state index contributed by atoms with van der Waals surface area (Å²) >= 11 is 1.49. The number of aromatic nitrogens is 2. The fraction of sp³-hybridized carbons (Fsp3) is 0.118. The van der Waals surface area contributed by atoms with Crippen LogP contribution in [0, 0.1) is 0 Å². The quantitative estimate of drug-likeness (QED) is 0.749. The standard InChI is InChI=1S/C17H16N4O2S/c1-12(22)18-13-5-4-6-14(9-13)19-16(23)10-15-11-24-17(20-15)21-7-2-3-8-21/h2-9,11H,10H2,1H3,(H,18,22)(H,19,23). The molecular formula is C17H16N4O2S. The van der Waals surface area contributed by atoms with Gasteiger partial charge in [-0.05, 0) is 30.3 Å². The van der Waals surface area contributed by atoms with E-state index < -0.39 is 0 Å². The van der Waals surface area contributed by atoms with E-state index in [4.69, 9.17) is 0 Å². The summed E-state index contributed by atoms with van der Waals surface area (Å²) in [4.78, 5) is 27.7. The SMILES string of the molecule is CC(=O)Nc1cccc(NC(=O)Cc2csc(-n3cccc3)n2)c1. The lowest BCUT2D eigenvalue weighted by atomic mass is 10.2. The zero-order valence-corrected chi connectivity index (χ0v) is 13.8. The summed E-state index contributed by atoms with van der Waals surface area (Å²) in [6.07, 6.45) is 4.02. The van der Waals surface area contributed by atoms with Gasteiger partial charge in [-0.1, -0.05) is 6.07 Å². The van der Waals surface area contributed by atoms with Gasteiger partial charge in [-0.3, -0.25) is 9.59 Å². The van der Waals surface area contributed by atoms with Crippen LogP contribution in [0.25, 0.3) is 5.13 Å². The molecule has 2 amide bonds. The van der Waals surface area contributed by atoms with Crippen molar-refractivity contribution in [2.75, 3.05) is 10.6 Å². The molecule has 0 aliphatic carbocycles. The molecule has 3 aromatic rings. The second-order valence-electron chi connectivity index (χ2n) is 5.20. The van der Waals surface area contributed by atoms with E-state index in [1.54, 1.807) is 24.3 Å². The molecule has 0 radical (unpaired) electrons. The molecule has 0 saturated heterocycles. The predicted molar refractivity (Wildman–Crippen MR) is 94.5 cm³/mol. The van der Waals surface area contributed by atoms with E-state index in [0.29, 0.717) is 11.4 Å². The summed E-state index contributed by atoms with van der Waals surface area (Å²) in [5.41, 5.74) is 2.00. The van der Waals surface area contributed by atoms with E-state index in [1.807, 2.05) is 34.5 Å². The van der Waals surface area contributed by atoms with Crippen molar-refractivity contribution in [1.82, 2.24) is 9.55 Å². The monoisotopic (exact) mass is 340 g/mol. The fourth-order valence-corrected chi connectivity index (χ4v) is 3.00. The Morgan fingerprint density at radius 1 is 1.12 bits per heavy atom. The smallest absolute Gasteiger partial charge is 0.230 e. The molecule has 122 valence electrons. The summed E-state index contributed by atoms with van der Waals surface area (Å²) in [5, 5.41) is 8.21. The Hall–Kier alpha value is -2.93. The van der Waals surface area contributed by atoms with Gasteiger partial charge < -0.3 is 15.2 Å². The van der Waals surface area contributed by atoms with Crippen LogP contribution in [0.15, 0.2) is 54.2 Å². The first-order valence-corrected chi connectivity index (χ1v) is 8.23. The van der Waals surface area contributed by atoms with Crippen molar-refractivity contribution in [1.29, 1.82) is 0 Å². The van der Waals surface area contributed by atoms with Crippen LogP contribution in [0.3, 0.4) is 0 Å². The number of thiazole rings is 1. The van der Waals surface area contributed by atoms with E-state index in [2.05, 4.69) is 15.6 Å². The summed E-state index contributed by atoms with van der Waals surface area (Å²) in [6.45, 7) is 1.44. The van der Waals surface area contributed by atoms with Gasteiger partial charge in [0.25, 0.3) is 0 Å². The largest absolute Gasteiger partial charge is 0.326 e. The third-order valence-corrected chi connectivity index (χ3v) is 4.08. The van der Waals surface area contributed by atoms with Crippen LogP contribution in [-0.2, 0) is 16.0 Å². The number of rotatable bonds is 5. The van der Waals surface area contributed by atoms with Crippen LogP contribution < -0.4 is 10.6 Å². The average Bonchev–Trinajstić information content (AvgIpc) is 3.17. The Kier molecular flexibility index (Phi) is 4.72. The van der Waals surface area contributed by atoms with Crippen LogP contribution in [-0.4, -0.2) is 21.4 Å². The van der Waals surface area contributed by atoms with Gasteiger partial charge in [0.15, 0.2) is 5.13 Å². The Bertz CT molecular complexity index is 855. The van der Waals surface area contributed by atoms with Crippen molar-refractivity contribution in [3.05, 3.63) is 59.9 Å². The molecule has 0 spiro atoms. The van der Waals surface area contributed by atoms with Crippen LogP contribution >= 0.6 is 11.3 Å². The summed E-state index contributed by atoms with van der Waals surface area (Å²) in [7, 11) is 0. The predicted octanol–water partition coefficient (Wildman–Crippen LogP) is 3.07. The van der Waals surface area contributed by atoms with E-state index in [0.717, 1.165) is 10.8 Å². The molecule has 24 heavy (non-hydrogen) atoms. The van der Waals surface area contributed by atoms with Crippen LogP contribution in [0.1, 0.15) is 12.6 Å². The number of carbonyl (C=O) groups excluding carboxylic acids is 2. The van der Waals surface area contributed by atoms with Crippen molar-refractivity contribution in [2.24, 2.45) is 0 Å².